The fraction of sp³-hybridized carbons (Fsp3) is 0.400. The van der Waals surface area contributed by atoms with Gasteiger partial charge in [0.1, 0.15) is 0 Å². The molecule has 1 rings (SSSR count). The van der Waals surface area contributed by atoms with Gasteiger partial charge in [0.05, 0.1) is 6.61 Å². The summed E-state index contributed by atoms with van der Waals surface area (Å²) in [6.07, 6.45) is 5.27. The van der Waals surface area contributed by atoms with Gasteiger partial charge >= 0.3 is 12.0 Å². The third-order valence-corrected chi connectivity index (χ3v) is 2.78. The number of aryl methyl sites for hydroxylation is 1. The molecular weight excluding hydrogens is 258 g/mol. The molecule has 5 nitrogen and oxygen atoms in total. The number of esters is 1. The predicted molar refractivity (Wildman–Crippen MR) is 75.9 cm³/mol. The molecule has 0 aromatic heterocycles. The second-order valence-corrected chi connectivity index (χ2v) is 4.28. The molecule has 1 aromatic carbocycles. The smallest absolute Gasteiger partial charge is 0.381 e. The Bertz CT molecular complexity index is 456. The molecule has 108 valence electrons. The molecule has 0 saturated heterocycles. The quantitative estimate of drug-likeness (QED) is 0.317. The van der Waals surface area contributed by atoms with Crippen molar-refractivity contribution in [3.63, 3.8) is 0 Å². The average Bonchev–Trinajstić information content (AvgIpc) is 2.43. The monoisotopic (exact) mass is 277 g/mol. The van der Waals surface area contributed by atoms with Crippen LogP contribution in [0.5, 0.6) is 0 Å². The van der Waals surface area contributed by atoms with Crippen LogP contribution in [0.15, 0.2) is 42.5 Å². The summed E-state index contributed by atoms with van der Waals surface area (Å²) in [5.41, 5.74) is 1.22. The van der Waals surface area contributed by atoms with E-state index in [0.29, 0.717) is 0 Å². The van der Waals surface area contributed by atoms with Crippen LogP contribution < -0.4 is 0 Å². The highest BCUT2D eigenvalue weighted by Crippen LogP contribution is 2.05. The Morgan fingerprint density at radius 3 is 2.65 bits per heavy atom. The van der Waals surface area contributed by atoms with E-state index < -0.39 is 16.9 Å². The van der Waals surface area contributed by atoms with Crippen molar-refractivity contribution in [3.05, 3.63) is 58.2 Å². The van der Waals surface area contributed by atoms with Crippen LogP contribution in [0.3, 0.4) is 0 Å². The zero-order valence-electron chi connectivity index (χ0n) is 11.5. The van der Waals surface area contributed by atoms with E-state index in [9.17, 15) is 14.9 Å². The summed E-state index contributed by atoms with van der Waals surface area (Å²) in [6.45, 7) is 1.78. The minimum atomic E-state index is -1.30. The van der Waals surface area contributed by atoms with E-state index in [2.05, 4.69) is 4.74 Å². The van der Waals surface area contributed by atoms with Crippen molar-refractivity contribution < 1.29 is 14.5 Å². The predicted octanol–water partition coefficient (Wildman–Crippen LogP) is 2.77. The van der Waals surface area contributed by atoms with Crippen LogP contribution in [0.4, 0.5) is 0 Å². The first-order chi connectivity index (χ1) is 9.65. The molecule has 0 radical (unpaired) electrons. The molecular formula is C15H19NO4. The van der Waals surface area contributed by atoms with Crippen molar-refractivity contribution in [1.82, 2.24) is 0 Å². The average molecular weight is 277 g/mol. The number of carbonyl (C=O) groups excluding carboxylic acids is 1. The molecule has 0 aliphatic heterocycles. The molecule has 0 bridgehead atoms. The zero-order valence-corrected chi connectivity index (χ0v) is 11.5. The fourth-order valence-corrected chi connectivity index (χ4v) is 1.74. The van der Waals surface area contributed by atoms with Gasteiger partial charge in [-0.05, 0) is 25.3 Å². The van der Waals surface area contributed by atoms with Gasteiger partial charge in [-0.15, -0.1) is 0 Å². The van der Waals surface area contributed by atoms with Gasteiger partial charge in [-0.25, -0.2) is 4.79 Å². The van der Waals surface area contributed by atoms with Gasteiger partial charge in [0.15, 0.2) is 0 Å². The standard InChI is InChI=1S/C15H19NO4/c1-2-20-15(17)14(16(18)19)12-8-4-7-11-13-9-5-3-6-10-13/h3-6,8-10,14H,2,7,11-12H2,1H3/b8-4+. The Kier molecular flexibility index (Phi) is 7.03. The number of rotatable bonds is 8. The Morgan fingerprint density at radius 2 is 2.05 bits per heavy atom. The molecule has 5 heteroatoms. The molecule has 0 aliphatic rings. The number of allylic oxidation sites excluding steroid dienone is 1. The Morgan fingerprint density at radius 1 is 1.35 bits per heavy atom. The summed E-state index contributed by atoms with van der Waals surface area (Å²) in [5.74, 6) is -0.773. The molecule has 20 heavy (non-hydrogen) atoms. The first-order valence-corrected chi connectivity index (χ1v) is 6.64. The van der Waals surface area contributed by atoms with Crippen LogP contribution >= 0.6 is 0 Å². The van der Waals surface area contributed by atoms with Gasteiger partial charge in [-0.3, -0.25) is 10.1 Å². The lowest BCUT2D eigenvalue weighted by Gasteiger charge is -2.05. The highest BCUT2D eigenvalue weighted by Gasteiger charge is 2.29. The van der Waals surface area contributed by atoms with Gasteiger partial charge in [0, 0.05) is 11.3 Å². The minimum absolute atomic E-state index is 0.0701. The maximum absolute atomic E-state index is 11.4. The first kappa shape index (κ1) is 15.9. The lowest BCUT2D eigenvalue weighted by Crippen LogP contribution is -2.30. The van der Waals surface area contributed by atoms with Gasteiger partial charge in [-0.2, -0.15) is 0 Å². The number of hydrogen-bond acceptors (Lipinski definition) is 4. The highest BCUT2D eigenvalue weighted by atomic mass is 16.6. The molecule has 1 unspecified atom stereocenters. The molecule has 0 fully saturated rings. The molecule has 0 amide bonds. The molecule has 1 aromatic rings. The molecule has 0 aliphatic carbocycles. The largest absolute Gasteiger partial charge is 0.461 e. The molecule has 0 saturated carbocycles. The SMILES string of the molecule is CCOC(=O)C(C/C=C/CCc1ccccc1)[N+](=O)[O-]. The van der Waals surface area contributed by atoms with Crippen molar-refractivity contribution in [2.75, 3.05) is 6.61 Å². The number of nitrogens with zero attached hydrogens (tertiary/aromatic N) is 1. The number of carbonyl (C=O) groups is 1. The van der Waals surface area contributed by atoms with Crippen molar-refractivity contribution in [3.8, 4) is 0 Å². The van der Waals surface area contributed by atoms with E-state index >= 15 is 0 Å². The van der Waals surface area contributed by atoms with Crippen LogP contribution in [-0.2, 0) is 16.0 Å². The van der Waals surface area contributed by atoms with E-state index in [0.717, 1.165) is 12.8 Å². The fourth-order valence-electron chi connectivity index (χ4n) is 1.74. The Hall–Kier alpha value is -2.17. The van der Waals surface area contributed by atoms with E-state index in [1.807, 2.05) is 36.4 Å². The number of ether oxygens (including phenoxy) is 1. The lowest BCUT2D eigenvalue weighted by molar-refractivity contribution is -0.509. The number of nitro groups is 1. The van der Waals surface area contributed by atoms with Gasteiger partial charge < -0.3 is 4.74 Å². The number of hydrogen-bond donors (Lipinski definition) is 0. The van der Waals surface area contributed by atoms with Gasteiger partial charge in [0.2, 0.25) is 0 Å². The molecule has 0 heterocycles. The lowest BCUT2D eigenvalue weighted by atomic mass is 10.1. The minimum Gasteiger partial charge on any atom is -0.461 e. The maximum atomic E-state index is 11.4. The summed E-state index contributed by atoms with van der Waals surface area (Å²) in [5, 5.41) is 10.8. The van der Waals surface area contributed by atoms with Crippen LogP contribution in [0.2, 0.25) is 0 Å². The van der Waals surface area contributed by atoms with Gasteiger partial charge in [-0.1, -0.05) is 42.5 Å². The van der Waals surface area contributed by atoms with Crippen LogP contribution in [0.25, 0.3) is 0 Å². The summed E-state index contributed by atoms with van der Waals surface area (Å²) in [6, 6.07) is 8.67. The van der Waals surface area contributed by atoms with Crippen molar-refractivity contribution in [2.45, 2.75) is 32.2 Å². The van der Waals surface area contributed by atoms with Crippen molar-refractivity contribution in [2.24, 2.45) is 0 Å². The highest BCUT2D eigenvalue weighted by molar-refractivity contribution is 5.74. The molecule has 0 N–H and O–H groups in total. The summed E-state index contributed by atoms with van der Waals surface area (Å²) in [4.78, 5) is 21.5. The third-order valence-electron chi connectivity index (χ3n) is 2.78. The Balaban J connectivity index is 2.37. The van der Waals surface area contributed by atoms with Gasteiger partial charge in [0.25, 0.3) is 0 Å². The Labute approximate surface area is 118 Å². The number of benzene rings is 1. The maximum Gasteiger partial charge on any atom is 0.381 e. The van der Waals surface area contributed by atoms with Crippen LogP contribution in [-0.4, -0.2) is 23.5 Å². The van der Waals surface area contributed by atoms with E-state index in [-0.39, 0.29) is 13.0 Å². The third kappa shape index (κ3) is 5.65. The zero-order chi connectivity index (χ0) is 14.8. The van der Waals surface area contributed by atoms with Crippen LogP contribution in [0.1, 0.15) is 25.3 Å². The van der Waals surface area contributed by atoms with E-state index in [1.165, 1.54) is 5.56 Å². The second kappa shape index (κ2) is 8.85. The van der Waals surface area contributed by atoms with Crippen molar-refractivity contribution >= 4 is 5.97 Å². The van der Waals surface area contributed by atoms with Crippen molar-refractivity contribution in [1.29, 1.82) is 0 Å². The summed E-state index contributed by atoms with van der Waals surface area (Å²) >= 11 is 0. The van der Waals surface area contributed by atoms with E-state index in [4.69, 9.17) is 0 Å². The van der Waals surface area contributed by atoms with Crippen LogP contribution in [0, 0.1) is 10.1 Å². The summed E-state index contributed by atoms with van der Waals surface area (Å²) in [7, 11) is 0. The first-order valence-electron chi connectivity index (χ1n) is 6.64. The topological polar surface area (TPSA) is 69.4 Å². The molecule has 0 spiro atoms. The normalized spacial score (nSPS) is 12.2. The summed E-state index contributed by atoms with van der Waals surface area (Å²) < 4.78 is 4.68. The molecule has 1 atom stereocenters. The second-order valence-electron chi connectivity index (χ2n) is 4.28. The van der Waals surface area contributed by atoms with E-state index in [1.54, 1.807) is 13.0 Å².